The van der Waals surface area contributed by atoms with Crippen molar-refractivity contribution in [1.82, 2.24) is 5.32 Å². The molecule has 0 radical (unpaired) electrons. The van der Waals surface area contributed by atoms with Gasteiger partial charge >= 0.3 is 0 Å². The van der Waals surface area contributed by atoms with E-state index in [0.717, 1.165) is 20.3 Å². The Balaban J connectivity index is 1.68. The molecule has 0 heterocycles. The van der Waals surface area contributed by atoms with Crippen LogP contribution >= 0.6 is 45.8 Å². The van der Waals surface area contributed by atoms with E-state index >= 15 is 0 Å². The Morgan fingerprint density at radius 1 is 1.12 bits per heavy atom. The number of amides is 1. The SMILES string of the molecule is C[C@@H](NC(=O)/C(C#N)=C\c1ccc(OCc2ccc(Cl)c(Cl)c2)c(I)c1)c1ccccc1. The number of carbonyl (C=O) groups excluding carboxylic acids is 1. The van der Waals surface area contributed by atoms with Crippen LogP contribution in [0.3, 0.4) is 0 Å². The largest absolute Gasteiger partial charge is 0.488 e. The summed E-state index contributed by atoms with van der Waals surface area (Å²) in [7, 11) is 0. The number of hydrogen-bond acceptors (Lipinski definition) is 3. The van der Waals surface area contributed by atoms with Crippen molar-refractivity contribution in [3.63, 3.8) is 0 Å². The molecule has 4 nitrogen and oxygen atoms in total. The number of nitriles is 1. The average molecular weight is 577 g/mol. The molecule has 0 bridgehead atoms. The molecule has 1 amide bonds. The van der Waals surface area contributed by atoms with Crippen LogP contribution in [0.25, 0.3) is 6.08 Å². The van der Waals surface area contributed by atoms with Crippen LogP contribution in [0.4, 0.5) is 0 Å². The second kappa shape index (κ2) is 11.4. The van der Waals surface area contributed by atoms with Gasteiger partial charge in [-0.1, -0.05) is 65.7 Å². The molecular weight excluding hydrogens is 558 g/mol. The predicted molar refractivity (Wildman–Crippen MR) is 137 cm³/mol. The molecule has 0 fully saturated rings. The van der Waals surface area contributed by atoms with Crippen LogP contribution in [0, 0.1) is 14.9 Å². The molecule has 162 valence electrons. The Hall–Kier alpha value is -2.53. The highest BCUT2D eigenvalue weighted by Gasteiger charge is 2.14. The molecule has 0 spiro atoms. The van der Waals surface area contributed by atoms with E-state index in [1.807, 2.05) is 61.5 Å². The molecule has 0 aliphatic carbocycles. The average Bonchev–Trinajstić information content (AvgIpc) is 2.79. The van der Waals surface area contributed by atoms with E-state index in [4.69, 9.17) is 27.9 Å². The lowest BCUT2D eigenvalue weighted by Crippen LogP contribution is -2.27. The zero-order valence-electron chi connectivity index (χ0n) is 17.1. The highest BCUT2D eigenvalue weighted by atomic mass is 127. The number of halogens is 3. The quantitative estimate of drug-likeness (QED) is 0.188. The third-order valence-corrected chi connectivity index (χ3v) is 6.24. The number of ether oxygens (including phenoxy) is 1. The summed E-state index contributed by atoms with van der Waals surface area (Å²) in [4.78, 5) is 12.6. The molecule has 3 aromatic rings. The lowest BCUT2D eigenvalue weighted by Gasteiger charge is -2.14. The van der Waals surface area contributed by atoms with Crippen molar-refractivity contribution in [1.29, 1.82) is 5.26 Å². The van der Waals surface area contributed by atoms with Crippen LogP contribution in [-0.2, 0) is 11.4 Å². The third-order valence-electron chi connectivity index (χ3n) is 4.66. The monoisotopic (exact) mass is 576 g/mol. The summed E-state index contributed by atoms with van der Waals surface area (Å²) in [5.41, 5.74) is 2.63. The molecule has 0 aromatic heterocycles. The van der Waals surface area contributed by atoms with Crippen molar-refractivity contribution in [2.75, 3.05) is 0 Å². The maximum absolute atomic E-state index is 12.6. The summed E-state index contributed by atoms with van der Waals surface area (Å²) in [6.45, 7) is 2.22. The van der Waals surface area contributed by atoms with Gasteiger partial charge in [0.1, 0.15) is 24.0 Å². The van der Waals surface area contributed by atoms with Gasteiger partial charge in [-0.3, -0.25) is 4.79 Å². The van der Waals surface area contributed by atoms with Crippen molar-refractivity contribution in [2.24, 2.45) is 0 Å². The minimum absolute atomic E-state index is 0.0352. The number of rotatable bonds is 7. The molecule has 0 aliphatic rings. The Labute approximate surface area is 210 Å². The van der Waals surface area contributed by atoms with E-state index in [1.165, 1.54) is 0 Å². The fraction of sp³-hybridized carbons (Fsp3) is 0.120. The van der Waals surface area contributed by atoms with Crippen LogP contribution in [-0.4, -0.2) is 5.91 Å². The first-order valence-electron chi connectivity index (χ1n) is 9.71. The third kappa shape index (κ3) is 6.49. The molecule has 3 aromatic carbocycles. The highest BCUT2D eigenvalue weighted by molar-refractivity contribution is 14.1. The van der Waals surface area contributed by atoms with Gasteiger partial charge in [-0.2, -0.15) is 5.26 Å². The number of carbonyl (C=O) groups is 1. The molecule has 0 saturated carbocycles. The standard InChI is InChI=1S/C25H19Cl2IN2O2/c1-16(19-5-3-2-4-6-19)30-25(31)20(14-29)11-17-8-10-24(23(28)13-17)32-15-18-7-9-21(26)22(27)12-18/h2-13,16H,15H2,1H3,(H,30,31)/b20-11-/t16-/m1/s1. The Morgan fingerprint density at radius 3 is 2.53 bits per heavy atom. The van der Waals surface area contributed by atoms with Gasteiger partial charge in [0.15, 0.2) is 0 Å². The van der Waals surface area contributed by atoms with E-state index in [9.17, 15) is 10.1 Å². The van der Waals surface area contributed by atoms with Crippen LogP contribution in [0.15, 0.2) is 72.3 Å². The normalized spacial score (nSPS) is 12.0. The van der Waals surface area contributed by atoms with Gasteiger partial charge in [0.05, 0.1) is 19.7 Å². The van der Waals surface area contributed by atoms with Crippen molar-refractivity contribution in [2.45, 2.75) is 19.6 Å². The molecular formula is C25H19Cl2IN2O2. The van der Waals surface area contributed by atoms with Gasteiger partial charge in [-0.15, -0.1) is 0 Å². The van der Waals surface area contributed by atoms with E-state index in [2.05, 4.69) is 27.9 Å². The smallest absolute Gasteiger partial charge is 0.262 e. The first kappa shape index (κ1) is 24.1. The highest BCUT2D eigenvalue weighted by Crippen LogP contribution is 2.26. The number of nitrogens with one attached hydrogen (secondary N) is 1. The van der Waals surface area contributed by atoms with E-state index < -0.39 is 5.91 Å². The summed E-state index contributed by atoms with van der Waals surface area (Å²) in [6.07, 6.45) is 1.57. The predicted octanol–water partition coefficient (Wildman–Crippen LogP) is 6.96. The molecule has 3 rings (SSSR count). The van der Waals surface area contributed by atoms with Crippen LogP contribution in [0.5, 0.6) is 5.75 Å². The molecule has 32 heavy (non-hydrogen) atoms. The summed E-state index contributed by atoms with van der Waals surface area (Å²) in [5, 5.41) is 13.3. The van der Waals surface area contributed by atoms with E-state index in [1.54, 1.807) is 24.3 Å². The lowest BCUT2D eigenvalue weighted by molar-refractivity contribution is -0.117. The first-order valence-corrected chi connectivity index (χ1v) is 11.5. The maximum atomic E-state index is 12.6. The van der Waals surface area contributed by atoms with Crippen LogP contribution in [0.1, 0.15) is 29.7 Å². The Morgan fingerprint density at radius 2 is 1.88 bits per heavy atom. The molecule has 1 N–H and O–H groups in total. The Bertz CT molecular complexity index is 1190. The van der Waals surface area contributed by atoms with Crippen molar-refractivity contribution >= 4 is 57.8 Å². The summed E-state index contributed by atoms with van der Waals surface area (Å²) >= 11 is 14.2. The van der Waals surface area contributed by atoms with Crippen molar-refractivity contribution in [3.05, 3.63) is 103 Å². The number of nitrogens with zero attached hydrogens (tertiary/aromatic N) is 1. The molecule has 1 atom stereocenters. The number of benzene rings is 3. The molecule has 0 unspecified atom stereocenters. The van der Waals surface area contributed by atoms with Gasteiger partial charge in [0.25, 0.3) is 5.91 Å². The number of hydrogen-bond donors (Lipinski definition) is 1. The summed E-state index contributed by atoms with van der Waals surface area (Å²) in [6, 6.07) is 22.2. The second-order valence-corrected chi connectivity index (χ2v) is 8.98. The lowest BCUT2D eigenvalue weighted by atomic mass is 10.1. The van der Waals surface area contributed by atoms with Crippen molar-refractivity contribution < 1.29 is 9.53 Å². The fourth-order valence-corrected chi connectivity index (χ4v) is 3.94. The van der Waals surface area contributed by atoms with Crippen molar-refractivity contribution in [3.8, 4) is 11.8 Å². The van der Waals surface area contributed by atoms with Crippen LogP contribution in [0.2, 0.25) is 10.0 Å². The van der Waals surface area contributed by atoms with Gasteiger partial charge in [-0.05, 0) is 76.5 Å². The van der Waals surface area contributed by atoms with Crippen LogP contribution < -0.4 is 10.1 Å². The minimum Gasteiger partial charge on any atom is -0.488 e. The van der Waals surface area contributed by atoms with Gasteiger partial charge in [-0.25, -0.2) is 0 Å². The molecule has 0 aliphatic heterocycles. The topological polar surface area (TPSA) is 62.1 Å². The molecule has 7 heteroatoms. The van der Waals surface area contributed by atoms with E-state index in [-0.39, 0.29) is 11.6 Å². The van der Waals surface area contributed by atoms with Gasteiger partial charge in [0.2, 0.25) is 0 Å². The van der Waals surface area contributed by atoms with Gasteiger partial charge < -0.3 is 10.1 Å². The zero-order chi connectivity index (χ0) is 23.1. The zero-order valence-corrected chi connectivity index (χ0v) is 20.8. The van der Waals surface area contributed by atoms with E-state index in [0.29, 0.717) is 22.4 Å². The molecule has 0 saturated heterocycles. The first-order chi connectivity index (χ1) is 15.4. The fourth-order valence-electron chi connectivity index (χ4n) is 2.93. The maximum Gasteiger partial charge on any atom is 0.262 e. The summed E-state index contributed by atoms with van der Waals surface area (Å²) < 4.78 is 6.73. The minimum atomic E-state index is -0.418. The Kier molecular flexibility index (Phi) is 8.57. The second-order valence-electron chi connectivity index (χ2n) is 7.00. The summed E-state index contributed by atoms with van der Waals surface area (Å²) in [5.74, 6) is 0.272. The van der Waals surface area contributed by atoms with Gasteiger partial charge in [0, 0.05) is 0 Å².